The monoisotopic (exact) mass is 190 g/mol. The van der Waals surface area contributed by atoms with Gasteiger partial charge in [0.25, 0.3) is 0 Å². The highest BCUT2D eigenvalue weighted by Gasteiger charge is 2.22. The van der Waals surface area contributed by atoms with Crippen molar-refractivity contribution in [3.63, 3.8) is 0 Å². The number of ether oxygens (including phenoxy) is 1. The lowest BCUT2D eigenvalue weighted by atomic mass is 10.2. The lowest BCUT2D eigenvalue weighted by molar-refractivity contribution is 0.0539. The molecule has 0 unspecified atom stereocenters. The van der Waals surface area contributed by atoms with E-state index in [1.807, 2.05) is 37.3 Å². The van der Waals surface area contributed by atoms with E-state index in [-0.39, 0.29) is 0 Å². The molecule has 1 aliphatic carbocycles. The molecule has 14 heavy (non-hydrogen) atoms. The second-order valence-corrected chi connectivity index (χ2v) is 3.29. The van der Waals surface area contributed by atoms with Gasteiger partial charge in [0.05, 0.1) is 12.8 Å². The predicted octanol–water partition coefficient (Wildman–Crippen LogP) is 1.65. The van der Waals surface area contributed by atoms with Gasteiger partial charge in [0.1, 0.15) is 0 Å². The van der Waals surface area contributed by atoms with E-state index in [1.165, 1.54) is 5.57 Å². The molecule has 2 rings (SSSR count). The Bertz CT molecular complexity index is 349. The first-order valence-corrected chi connectivity index (χ1v) is 4.56. The molecule has 0 aromatic heterocycles. The number of rotatable bonds is 1. The van der Waals surface area contributed by atoms with Crippen LogP contribution in [-0.4, -0.2) is 31.2 Å². The Labute approximate surface area is 84.2 Å². The standard InChI is InChI=1S/C11H14N2O/c1-12-10(9-6-4-5-7-9)8-11(14-3)13(12)2/h4-8H,1-3H3. The van der Waals surface area contributed by atoms with Gasteiger partial charge in [-0.15, -0.1) is 0 Å². The number of hydrogen-bond acceptors (Lipinski definition) is 3. The fourth-order valence-corrected chi connectivity index (χ4v) is 1.62. The number of allylic oxidation sites excluding steroid dienone is 6. The predicted molar refractivity (Wildman–Crippen MR) is 55.9 cm³/mol. The Balaban J connectivity index is 2.39. The van der Waals surface area contributed by atoms with Gasteiger partial charge in [0.2, 0.25) is 5.88 Å². The quantitative estimate of drug-likeness (QED) is 0.625. The minimum Gasteiger partial charge on any atom is -0.481 e. The first-order chi connectivity index (χ1) is 6.74. The van der Waals surface area contributed by atoms with Gasteiger partial charge in [0.15, 0.2) is 0 Å². The normalized spacial score (nSPS) is 19.8. The molecule has 1 heterocycles. The van der Waals surface area contributed by atoms with E-state index < -0.39 is 0 Å². The second-order valence-electron chi connectivity index (χ2n) is 3.29. The molecule has 0 aromatic rings. The van der Waals surface area contributed by atoms with E-state index in [4.69, 9.17) is 4.74 Å². The zero-order valence-electron chi connectivity index (χ0n) is 8.69. The Morgan fingerprint density at radius 3 is 2.21 bits per heavy atom. The van der Waals surface area contributed by atoms with Crippen molar-refractivity contribution in [2.75, 3.05) is 21.2 Å². The molecule has 0 atom stereocenters. The maximum absolute atomic E-state index is 5.25. The van der Waals surface area contributed by atoms with E-state index >= 15 is 0 Å². The molecular weight excluding hydrogens is 176 g/mol. The van der Waals surface area contributed by atoms with E-state index in [0.717, 1.165) is 11.6 Å². The van der Waals surface area contributed by atoms with Crippen LogP contribution >= 0.6 is 0 Å². The number of hydrogen-bond donors (Lipinski definition) is 0. The molecule has 0 radical (unpaired) electrons. The zero-order chi connectivity index (χ0) is 10.1. The molecule has 0 bridgehead atoms. The summed E-state index contributed by atoms with van der Waals surface area (Å²) >= 11 is 0. The summed E-state index contributed by atoms with van der Waals surface area (Å²) in [5, 5.41) is 4.04. The molecule has 2 aliphatic rings. The summed E-state index contributed by atoms with van der Waals surface area (Å²) in [5.74, 6) is 0.865. The Morgan fingerprint density at radius 1 is 1.07 bits per heavy atom. The van der Waals surface area contributed by atoms with Crippen LogP contribution in [0, 0.1) is 0 Å². The molecule has 3 nitrogen and oxygen atoms in total. The second kappa shape index (κ2) is 3.25. The van der Waals surface area contributed by atoms with Crippen molar-refractivity contribution < 1.29 is 4.74 Å². The Morgan fingerprint density at radius 2 is 1.71 bits per heavy atom. The van der Waals surface area contributed by atoms with Crippen LogP contribution in [0.2, 0.25) is 0 Å². The molecule has 3 heteroatoms. The lowest BCUT2D eigenvalue weighted by Crippen LogP contribution is -2.30. The van der Waals surface area contributed by atoms with Crippen LogP contribution in [0.3, 0.4) is 0 Å². The molecule has 0 saturated carbocycles. The molecule has 74 valence electrons. The number of nitrogens with zero attached hydrogens (tertiary/aromatic N) is 2. The van der Waals surface area contributed by atoms with Crippen LogP contribution < -0.4 is 0 Å². The van der Waals surface area contributed by atoms with Crippen molar-refractivity contribution in [1.82, 2.24) is 10.0 Å². The highest BCUT2D eigenvalue weighted by Crippen LogP contribution is 2.27. The van der Waals surface area contributed by atoms with Crippen molar-refractivity contribution in [1.29, 1.82) is 0 Å². The van der Waals surface area contributed by atoms with Crippen molar-refractivity contribution in [2.24, 2.45) is 0 Å². The van der Waals surface area contributed by atoms with Gasteiger partial charge in [0, 0.05) is 20.2 Å². The topological polar surface area (TPSA) is 15.7 Å². The first kappa shape index (κ1) is 8.94. The van der Waals surface area contributed by atoms with E-state index in [1.54, 1.807) is 7.11 Å². The van der Waals surface area contributed by atoms with Crippen molar-refractivity contribution >= 4 is 0 Å². The molecule has 0 N–H and O–H groups in total. The summed E-state index contributed by atoms with van der Waals surface area (Å²) in [6, 6.07) is 0. The number of hydrazine groups is 1. The average molecular weight is 190 g/mol. The van der Waals surface area contributed by atoms with Crippen LogP contribution in [-0.2, 0) is 4.74 Å². The van der Waals surface area contributed by atoms with Gasteiger partial charge in [-0.25, -0.2) is 0 Å². The third-order valence-corrected chi connectivity index (χ3v) is 2.55. The average Bonchev–Trinajstić information content (AvgIpc) is 2.78. The molecule has 0 amide bonds. The molecule has 0 aromatic carbocycles. The van der Waals surface area contributed by atoms with Crippen LogP contribution in [0.4, 0.5) is 0 Å². The first-order valence-electron chi connectivity index (χ1n) is 4.56. The smallest absolute Gasteiger partial charge is 0.210 e. The van der Waals surface area contributed by atoms with Crippen molar-refractivity contribution in [2.45, 2.75) is 0 Å². The van der Waals surface area contributed by atoms with Gasteiger partial charge in [-0.1, -0.05) is 24.3 Å². The summed E-state index contributed by atoms with van der Waals surface area (Å²) in [6.45, 7) is 0. The van der Waals surface area contributed by atoms with Crippen molar-refractivity contribution in [3.05, 3.63) is 47.5 Å². The fraction of sp³-hybridized carbons (Fsp3) is 0.273. The maximum Gasteiger partial charge on any atom is 0.210 e. The van der Waals surface area contributed by atoms with Gasteiger partial charge in [-0.2, -0.15) is 0 Å². The van der Waals surface area contributed by atoms with Gasteiger partial charge < -0.3 is 4.74 Å². The third-order valence-electron chi connectivity index (χ3n) is 2.55. The van der Waals surface area contributed by atoms with Crippen LogP contribution in [0.1, 0.15) is 0 Å². The minimum atomic E-state index is 0.865. The molecular formula is C11H14N2O. The lowest BCUT2D eigenvalue weighted by Gasteiger charge is -2.26. The summed E-state index contributed by atoms with van der Waals surface area (Å²) in [5.41, 5.74) is 2.38. The van der Waals surface area contributed by atoms with E-state index in [2.05, 4.69) is 17.2 Å². The van der Waals surface area contributed by atoms with Crippen LogP contribution in [0.15, 0.2) is 47.5 Å². The van der Waals surface area contributed by atoms with Gasteiger partial charge >= 0.3 is 0 Å². The van der Waals surface area contributed by atoms with E-state index in [0.29, 0.717) is 0 Å². The molecule has 0 saturated heterocycles. The van der Waals surface area contributed by atoms with Gasteiger partial charge in [-0.3, -0.25) is 10.0 Å². The molecule has 1 aliphatic heterocycles. The van der Waals surface area contributed by atoms with Crippen molar-refractivity contribution in [3.8, 4) is 0 Å². The Kier molecular flexibility index (Phi) is 2.08. The SMILES string of the molecule is COC1=CC(=C2C=CC=C2)N(C)N1C. The highest BCUT2D eigenvalue weighted by atomic mass is 16.5. The van der Waals surface area contributed by atoms with Crippen LogP contribution in [0.5, 0.6) is 0 Å². The largest absolute Gasteiger partial charge is 0.481 e. The minimum absolute atomic E-state index is 0.865. The number of methoxy groups -OCH3 is 1. The number of likely N-dealkylation sites (N-methyl/N-ethyl adjacent to an activating group) is 1. The summed E-state index contributed by atoms with van der Waals surface area (Å²) in [4.78, 5) is 0. The molecule has 0 spiro atoms. The zero-order valence-corrected chi connectivity index (χ0v) is 8.69. The summed E-state index contributed by atoms with van der Waals surface area (Å²) < 4.78 is 5.25. The van der Waals surface area contributed by atoms with Gasteiger partial charge in [-0.05, 0) is 5.57 Å². The molecule has 0 fully saturated rings. The van der Waals surface area contributed by atoms with Crippen LogP contribution in [0.25, 0.3) is 0 Å². The van der Waals surface area contributed by atoms with E-state index in [9.17, 15) is 0 Å². The highest BCUT2D eigenvalue weighted by molar-refractivity contribution is 5.47. The Hall–Kier alpha value is -1.64. The summed E-state index contributed by atoms with van der Waals surface area (Å²) in [7, 11) is 5.68. The third kappa shape index (κ3) is 1.21. The summed E-state index contributed by atoms with van der Waals surface area (Å²) in [6.07, 6.45) is 10.3. The fourth-order valence-electron chi connectivity index (χ4n) is 1.62. The maximum atomic E-state index is 5.25.